The van der Waals surface area contributed by atoms with Crippen LogP contribution in [0.15, 0.2) is 54.6 Å². The Morgan fingerprint density at radius 1 is 0.783 bits per heavy atom. The maximum Gasteiger partial charge on any atom is 0.416 e. The Labute approximate surface area is 130 Å². The molecule has 0 fully saturated rings. The second kappa shape index (κ2) is 6.95. The van der Waals surface area contributed by atoms with E-state index in [1.807, 2.05) is 0 Å². The van der Waals surface area contributed by atoms with E-state index in [1.54, 1.807) is 30.3 Å². The molecule has 0 spiro atoms. The molecular weight excluding hydrogens is 309 g/mol. The van der Waals surface area contributed by atoms with Gasteiger partial charge in [0.25, 0.3) is 0 Å². The highest BCUT2D eigenvalue weighted by Gasteiger charge is 2.29. The van der Waals surface area contributed by atoms with E-state index in [2.05, 4.69) is 10.6 Å². The molecule has 7 heteroatoms. The van der Waals surface area contributed by atoms with Crippen LogP contribution >= 0.6 is 0 Å². The molecule has 0 unspecified atom stereocenters. The smallest absolute Gasteiger partial charge is 0.326 e. The molecule has 2 amide bonds. The fraction of sp³-hybridized carbons (Fsp3) is 0.125. The summed E-state index contributed by atoms with van der Waals surface area (Å²) >= 11 is 0. The van der Waals surface area contributed by atoms with E-state index in [0.29, 0.717) is 5.69 Å². The number of amides is 2. The van der Waals surface area contributed by atoms with Crippen molar-refractivity contribution in [3.8, 4) is 0 Å². The molecule has 120 valence electrons. The first-order valence-electron chi connectivity index (χ1n) is 6.66. The van der Waals surface area contributed by atoms with Crippen LogP contribution in [-0.2, 0) is 15.8 Å². The van der Waals surface area contributed by atoms with Crippen LogP contribution in [0.4, 0.5) is 24.5 Å². The van der Waals surface area contributed by atoms with E-state index in [-0.39, 0.29) is 5.69 Å². The molecule has 4 nitrogen and oxygen atoms in total. The summed E-state index contributed by atoms with van der Waals surface area (Å²) in [5.41, 5.74) is -0.0624. The van der Waals surface area contributed by atoms with Gasteiger partial charge in [0.2, 0.25) is 11.8 Å². The van der Waals surface area contributed by atoms with Crippen LogP contribution in [-0.4, -0.2) is 11.8 Å². The Kier molecular flexibility index (Phi) is 5.00. The van der Waals surface area contributed by atoms with E-state index in [4.69, 9.17) is 0 Å². The van der Waals surface area contributed by atoms with Crippen molar-refractivity contribution in [2.45, 2.75) is 12.6 Å². The summed E-state index contributed by atoms with van der Waals surface area (Å²) in [6, 6.07) is 12.6. The predicted octanol–water partition coefficient (Wildman–Crippen LogP) is 3.67. The minimum Gasteiger partial charge on any atom is -0.326 e. The molecular formula is C16H13F3N2O2. The SMILES string of the molecule is O=C(CC(=O)Nc1ccc(C(F)(F)F)cc1)Nc1ccccc1. The maximum atomic E-state index is 12.4. The molecule has 2 N–H and O–H groups in total. The molecule has 0 aliphatic carbocycles. The largest absolute Gasteiger partial charge is 0.416 e. The normalized spacial score (nSPS) is 10.9. The first kappa shape index (κ1) is 16.5. The van der Waals surface area contributed by atoms with Gasteiger partial charge in [0.1, 0.15) is 6.42 Å². The Hall–Kier alpha value is -2.83. The second-order valence-corrected chi connectivity index (χ2v) is 4.71. The molecule has 0 aromatic heterocycles. The second-order valence-electron chi connectivity index (χ2n) is 4.71. The lowest BCUT2D eigenvalue weighted by atomic mass is 10.2. The summed E-state index contributed by atoms with van der Waals surface area (Å²) in [7, 11) is 0. The lowest BCUT2D eigenvalue weighted by Gasteiger charge is -2.09. The van der Waals surface area contributed by atoms with Gasteiger partial charge in [-0.2, -0.15) is 13.2 Å². The van der Waals surface area contributed by atoms with Crippen LogP contribution in [0.3, 0.4) is 0 Å². The third-order valence-electron chi connectivity index (χ3n) is 2.87. The van der Waals surface area contributed by atoms with Crippen LogP contribution in [0.25, 0.3) is 0 Å². The van der Waals surface area contributed by atoms with Gasteiger partial charge in [-0.3, -0.25) is 9.59 Å². The predicted molar refractivity (Wildman–Crippen MR) is 79.8 cm³/mol. The zero-order valence-corrected chi connectivity index (χ0v) is 11.9. The number of benzene rings is 2. The van der Waals surface area contributed by atoms with Gasteiger partial charge in [0.05, 0.1) is 5.56 Å². The number of nitrogens with one attached hydrogen (secondary N) is 2. The van der Waals surface area contributed by atoms with Crippen molar-refractivity contribution in [3.63, 3.8) is 0 Å². The number of carbonyl (C=O) groups is 2. The van der Waals surface area contributed by atoms with Crippen LogP contribution in [0, 0.1) is 0 Å². The molecule has 0 saturated carbocycles. The molecule has 0 bridgehead atoms. The van der Waals surface area contributed by atoms with E-state index >= 15 is 0 Å². The number of anilines is 2. The fourth-order valence-corrected chi connectivity index (χ4v) is 1.82. The number of para-hydroxylation sites is 1. The number of carbonyl (C=O) groups excluding carboxylic acids is 2. The van der Waals surface area contributed by atoms with Gasteiger partial charge in [0.15, 0.2) is 0 Å². The van der Waals surface area contributed by atoms with Crippen LogP contribution in [0.2, 0.25) is 0 Å². The van der Waals surface area contributed by atoms with Gasteiger partial charge in [-0.15, -0.1) is 0 Å². The van der Waals surface area contributed by atoms with Gasteiger partial charge in [-0.05, 0) is 36.4 Å². The number of alkyl halides is 3. The first-order chi connectivity index (χ1) is 10.8. The lowest BCUT2D eigenvalue weighted by Crippen LogP contribution is -2.21. The number of rotatable bonds is 4. The highest BCUT2D eigenvalue weighted by molar-refractivity contribution is 6.08. The van der Waals surface area contributed by atoms with Crippen molar-refractivity contribution in [2.24, 2.45) is 0 Å². The highest BCUT2D eigenvalue weighted by Crippen LogP contribution is 2.29. The molecule has 0 atom stereocenters. The maximum absolute atomic E-state index is 12.4. The average Bonchev–Trinajstić information content (AvgIpc) is 2.47. The first-order valence-corrected chi connectivity index (χ1v) is 6.66. The fourth-order valence-electron chi connectivity index (χ4n) is 1.82. The minimum absolute atomic E-state index is 0.190. The summed E-state index contributed by atoms with van der Waals surface area (Å²) in [4.78, 5) is 23.4. The molecule has 2 rings (SSSR count). The van der Waals surface area contributed by atoms with E-state index < -0.39 is 30.0 Å². The molecule has 2 aromatic rings. The van der Waals surface area contributed by atoms with Gasteiger partial charge in [-0.1, -0.05) is 18.2 Å². The molecule has 0 aliphatic rings. The number of halogens is 3. The summed E-state index contributed by atoms with van der Waals surface area (Å²) in [6.07, 6.45) is -4.87. The summed E-state index contributed by atoms with van der Waals surface area (Å²) < 4.78 is 37.3. The van der Waals surface area contributed by atoms with Gasteiger partial charge in [0, 0.05) is 11.4 Å². The lowest BCUT2D eigenvalue weighted by molar-refractivity contribution is -0.137. The molecule has 23 heavy (non-hydrogen) atoms. The van der Waals surface area contributed by atoms with Gasteiger partial charge >= 0.3 is 6.18 Å². The summed E-state index contributed by atoms with van der Waals surface area (Å²) in [5.74, 6) is -1.13. The third kappa shape index (κ3) is 5.14. The zero-order chi connectivity index (χ0) is 16.9. The average molecular weight is 322 g/mol. The van der Waals surface area contributed by atoms with Crippen molar-refractivity contribution in [3.05, 3.63) is 60.2 Å². The highest BCUT2D eigenvalue weighted by atomic mass is 19.4. The number of hydrogen-bond donors (Lipinski definition) is 2. The summed E-state index contributed by atoms with van der Waals surface area (Å²) in [6.45, 7) is 0. The third-order valence-corrected chi connectivity index (χ3v) is 2.87. The standard InChI is InChI=1S/C16H13F3N2O2/c17-16(18,19)11-6-8-13(9-7-11)21-15(23)10-14(22)20-12-4-2-1-3-5-12/h1-9H,10H2,(H,20,22)(H,21,23). The molecule has 0 radical (unpaired) electrons. The van der Waals surface area contributed by atoms with Crippen molar-refractivity contribution in [2.75, 3.05) is 10.6 Å². The Balaban J connectivity index is 1.88. The number of hydrogen-bond acceptors (Lipinski definition) is 2. The van der Waals surface area contributed by atoms with Gasteiger partial charge < -0.3 is 10.6 Å². The summed E-state index contributed by atoms with van der Waals surface area (Å²) in [5, 5.41) is 4.91. The monoisotopic (exact) mass is 322 g/mol. The quantitative estimate of drug-likeness (QED) is 0.844. The van der Waals surface area contributed by atoms with Crippen molar-refractivity contribution in [1.29, 1.82) is 0 Å². The van der Waals surface area contributed by atoms with Crippen LogP contribution in [0.5, 0.6) is 0 Å². The van der Waals surface area contributed by atoms with Gasteiger partial charge in [-0.25, -0.2) is 0 Å². The van der Waals surface area contributed by atoms with E-state index in [1.165, 1.54) is 0 Å². The van der Waals surface area contributed by atoms with Crippen molar-refractivity contribution in [1.82, 2.24) is 0 Å². The van der Waals surface area contributed by atoms with E-state index in [9.17, 15) is 22.8 Å². The molecule has 2 aromatic carbocycles. The molecule has 0 saturated heterocycles. The van der Waals surface area contributed by atoms with E-state index in [0.717, 1.165) is 24.3 Å². The molecule has 0 heterocycles. The Morgan fingerprint density at radius 2 is 1.26 bits per heavy atom. The Bertz CT molecular complexity index is 683. The van der Waals surface area contributed by atoms with Crippen molar-refractivity contribution >= 4 is 23.2 Å². The minimum atomic E-state index is -4.43. The van der Waals surface area contributed by atoms with Crippen molar-refractivity contribution < 1.29 is 22.8 Å². The topological polar surface area (TPSA) is 58.2 Å². The van der Waals surface area contributed by atoms with Crippen LogP contribution in [0.1, 0.15) is 12.0 Å². The Morgan fingerprint density at radius 3 is 1.74 bits per heavy atom. The van der Waals surface area contributed by atoms with Crippen LogP contribution < -0.4 is 10.6 Å². The molecule has 0 aliphatic heterocycles. The zero-order valence-electron chi connectivity index (χ0n) is 11.9.